The third-order valence-corrected chi connectivity index (χ3v) is 4.31. The van der Waals surface area contributed by atoms with Gasteiger partial charge in [0.15, 0.2) is 0 Å². The molecule has 2 fully saturated rings. The fourth-order valence-corrected chi connectivity index (χ4v) is 3.11. The second-order valence-electron chi connectivity index (χ2n) is 5.79. The first-order chi connectivity index (χ1) is 9.72. The Labute approximate surface area is 118 Å². The number of amides is 1. The van der Waals surface area contributed by atoms with Gasteiger partial charge < -0.3 is 10.2 Å². The lowest BCUT2D eigenvalue weighted by atomic mass is 9.96. The van der Waals surface area contributed by atoms with E-state index in [1.807, 2.05) is 21.8 Å². The van der Waals surface area contributed by atoms with Gasteiger partial charge in [-0.1, -0.05) is 0 Å². The second-order valence-corrected chi connectivity index (χ2v) is 5.79. The minimum Gasteiger partial charge on any atom is -0.341 e. The summed E-state index contributed by atoms with van der Waals surface area (Å²) < 4.78 is 15.1. The van der Waals surface area contributed by atoms with E-state index in [2.05, 4.69) is 10.4 Å². The zero-order valence-electron chi connectivity index (χ0n) is 11.5. The van der Waals surface area contributed by atoms with E-state index < -0.39 is 6.17 Å². The van der Waals surface area contributed by atoms with Gasteiger partial charge in [-0.15, -0.1) is 0 Å². The summed E-state index contributed by atoms with van der Waals surface area (Å²) in [6.07, 6.45) is 5.21. The monoisotopic (exact) mass is 280 g/mol. The minimum absolute atomic E-state index is 0.0719. The molecule has 1 aromatic rings. The van der Waals surface area contributed by atoms with Gasteiger partial charge in [-0.05, 0) is 24.8 Å². The normalized spacial score (nSPS) is 27.9. The fraction of sp³-hybridized carbons (Fsp3) is 0.714. The number of carbonyl (C=O) groups is 1. The molecule has 0 saturated carbocycles. The summed E-state index contributed by atoms with van der Waals surface area (Å²) in [6.45, 7) is 2.79. The number of hydrogen-bond donors (Lipinski definition) is 1. The average molecular weight is 280 g/mol. The van der Waals surface area contributed by atoms with Gasteiger partial charge in [-0.2, -0.15) is 5.10 Å². The molecule has 1 N–H and O–H groups in total. The van der Waals surface area contributed by atoms with Crippen molar-refractivity contribution in [1.29, 1.82) is 0 Å². The van der Waals surface area contributed by atoms with Crippen molar-refractivity contribution in [2.45, 2.75) is 38.0 Å². The van der Waals surface area contributed by atoms with Crippen LogP contribution in [0, 0.1) is 5.92 Å². The molecule has 20 heavy (non-hydrogen) atoms. The smallest absolute Gasteiger partial charge is 0.239 e. The Bertz CT molecular complexity index is 442. The summed E-state index contributed by atoms with van der Waals surface area (Å²) in [5, 5.41) is 7.19. The molecule has 3 rings (SSSR count). The van der Waals surface area contributed by atoms with Crippen molar-refractivity contribution in [2.75, 3.05) is 19.6 Å². The topological polar surface area (TPSA) is 50.2 Å². The summed E-state index contributed by atoms with van der Waals surface area (Å²) in [5.74, 6) is 0.645. The Kier molecular flexibility index (Phi) is 4.00. The number of likely N-dealkylation sites (tertiary alicyclic amines) is 1. The molecule has 0 aromatic carbocycles. The van der Waals surface area contributed by atoms with Gasteiger partial charge in [0.25, 0.3) is 0 Å². The Morgan fingerprint density at radius 2 is 2.20 bits per heavy atom. The average Bonchev–Trinajstić information content (AvgIpc) is 3.10. The third-order valence-electron chi connectivity index (χ3n) is 4.31. The van der Waals surface area contributed by atoms with Gasteiger partial charge in [0, 0.05) is 45.0 Å². The highest BCUT2D eigenvalue weighted by atomic mass is 19.1. The summed E-state index contributed by atoms with van der Waals surface area (Å²) in [6, 6.07) is 1.62. The molecular weight excluding hydrogens is 259 g/mol. The highest BCUT2D eigenvalue weighted by molar-refractivity contribution is 5.82. The Balaban J connectivity index is 1.47. The van der Waals surface area contributed by atoms with Crippen LogP contribution in [-0.2, 0) is 11.3 Å². The Hall–Kier alpha value is -1.43. The van der Waals surface area contributed by atoms with Crippen molar-refractivity contribution < 1.29 is 9.18 Å². The van der Waals surface area contributed by atoms with Crippen LogP contribution in [0.5, 0.6) is 0 Å². The van der Waals surface area contributed by atoms with Gasteiger partial charge in [-0.25, -0.2) is 4.39 Å². The van der Waals surface area contributed by atoms with Crippen LogP contribution in [0.4, 0.5) is 4.39 Å². The number of aromatic nitrogens is 2. The van der Waals surface area contributed by atoms with E-state index in [0.29, 0.717) is 18.9 Å². The number of nitrogens with zero attached hydrogens (tertiary/aromatic N) is 3. The molecule has 1 aromatic heterocycles. The molecule has 2 aliphatic rings. The first kappa shape index (κ1) is 13.5. The molecule has 1 amide bonds. The zero-order chi connectivity index (χ0) is 13.9. The van der Waals surface area contributed by atoms with E-state index in [4.69, 9.17) is 0 Å². The lowest BCUT2D eigenvalue weighted by molar-refractivity contribution is -0.134. The maximum absolute atomic E-state index is 13.1. The van der Waals surface area contributed by atoms with Crippen molar-refractivity contribution in [3.8, 4) is 0 Å². The van der Waals surface area contributed by atoms with Crippen LogP contribution < -0.4 is 5.32 Å². The van der Waals surface area contributed by atoms with E-state index in [0.717, 1.165) is 32.5 Å². The minimum atomic E-state index is -0.874. The maximum Gasteiger partial charge on any atom is 0.239 e. The molecule has 0 aliphatic carbocycles. The predicted octanol–water partition coefficient (Wildman–Crippen LogP) is 0.822. The van der Waals surface area contributed by atoms with Crippen molar-refractivity contribution in [2.24, 2.45) is 5.92 Å². The van der Waals surface area contributed by atoms with Gasteiger partial charge in [0.1, 0.15) is 6.17 Å². The quantitative estimate of drug-likeness (QED) is 0.892. The number of piperidine rings is 1. The molecule has 5 nitrogen and oxygen atoms in total. The van der Waals surface area contributed by atoms with E-state index in [9.17, 15) is 9.18 Å². The first-order valence-electron chi connectivity index (χ1n) is 7.36. The van der Waals surface area contributed by atoms with Crippen LogP contribution in [0.1, 0.15) is 19.3 Å². The molecule has 0 bridgehead atoms. The van der Waals surface area contributed by atoms with Crippen LogP contribution in [0.2, 0.25) is 0 Å². The molecule has 0 unspecified atom stereocenters. The van der Waals surface area contributed by atoms with E-state index in [1.54, 1.807) is 6.20 Å². The molecule has 3 heterocycles. The fourth-order valence-electron chi connectivity index (χ4n) is 3.11. The van der Waals surface area contributed by atoms with E-state index in [-0.39, 0.29) is 11.9 Å². The largest absolute Gasteiger partial charge is 0.341 e. The summed E-state index contributed by atoms with van der Waals surface area (Å²) in [4.78, 5) is 14.1. The number of rotatable bonds is 3. The summed E-state index contributed by atoms with van der Waals surface area (Å²) in [5.41, 5.74) is 0. The predicted molar refractivity (Wildman–Crippen MR) is 72.8 cm³/mol. The number of halogens is 1. The number of carbonyl (C=O) groups excluding carboxylic acids is 1. The van der Waals surface area contributed by atoms with Crippen LogP contribution in [0.15, 0.2) is 18.5 Å². The highest BCUT2D eigenvalue weighted by Crippen LogP contribution is 2.21. The third kappa shape index (κ3) is 3.00. The number of alkyl halides is 1. The highest BCUT2D eigenvalue weighted by Gasteiger charge is 2.33. The van der Waals surface area contributed by atoms with Crippen molar-refractivity contribution in [1.82, 2.24) is 20.0 Å². The van der Waals surface area contributed by atoms with Crippen LogP contribution in [0.3, 0.4) is 0 Å². The van der Waals surface area contributed by atoms with E-state index in [1.165, 1.54) is 0 Å². The molecule has 2 saturated heterocycles. The molecular formula is C14H21FN4O. The zero-order valence-corrected chi connectivity index (χ0v) is 11.5. The van der Waals surface area contributed by atoms with Gasteiger partial charge in [0.2, 0.25) is 5.91 Å². The van der Waals surface area contributed by atoms with Crippen LogP contribution >= 0.6 is 0 Å². The first-order valence-corrected chi connectivity index (χ1v) is 7.36. The van der Waals surface area contributed by atoms with Crippen LogP contribution in [-0.4, -0.2) is 52.4 Å². The lowest BCUT2D eigenvalue weighted by Gasteiger charge is -2.33. The maximum atomic E-state index is 13.1. The standard InChI is InChI=1S/C14H21FN4O/c15-12-8-13(16-9-12)14(20)18-6-2-11(3-7-18)10-19-5-1-4-17-19/h1,4-5,11-13,16H,2-3,6-10H2/t12-,13+/m0/s1. The van der Waals surface area contributed by atoms with Gasteiger partial charge in [0.05, 0.1) is 6.04 Å². The van der Waals surface area contributed by atoms with Gasteiger partial charge in [-0.3, -0.25) is 9.48 Å². The number of hydrogen-bond acceptors (Lipinski definition) is 3. The molecule has 6 heteroatoms. The summed E-state index contributed by atoms with van der Waals surface area (Å²) in [7, 11) is 0. The molecule has 2 atom stereocenters. The summed E-state index contributed by atoms with van der Waals surface area (Å²) >= 11 is 0. The Morgan fingerprint density at radius 1 is 1.40 bits per heavy atom. The van der Waals surface area contributed by atoms with Crippen LogP contribution in [0.25, 0.3) is 0 Å². The van der Waals surface area contributed by atoms with Gasteiger partial charge >= 0.3 is 0 Å². The lowest BCUT2D eigenvalue weighted by Crippen LogP contribution is -2.47. The molecule has 0 radical (unpaired) electrons. The SMILES string of the molecule is O=C([C@H]1C[C@H](F)CN1)N1CCC(Cn2cccn2)CC1. The van der Waals surface area contributed by atoms with Crippen molar-refractivity contribution in [3.63, 3.8) is 0 Å². The molecule has 110 valence electrons. The van der Waals surface area contributed by atoms with E-state index >= 15 is 0 Å². The molecule has 2 aliphatic heterocycles. The Morgan fingerprint density at radius 3 is 2.80 bits per heavy atom. The van der Waals surface area contributed by atoms with Crippen molar-refractivity contribution in [3.05, 3.63) is 18.5 Å². The molecule has 0 spiro atoms. The van der Waals surface area contributed by atoms with Crippen molar-refractivity contribution >= 4 is 5.91 Å². The second kappa shape index (κ2) is 5.91. The number of nitrogens with one attached hydrogen (secondary N) is 1.